The van der Waals surface area contributed by atoms with Crippen molar-refractivity contribution in [1.29, 1.82) is 0 Å². The number of nitro groups is 1. The Morgan fingerprint density at radius 2 is 2.14 bits per heavy atom. The second-order valence-corrected chi connectivity index (χ2v) is 5.36. The van der Waals surface area contributed by atoms with Crippen LogP contribution in [0.2, 0.25) is 0 Å². The third-order valence-corrected chi connectivity index (χ3v) is 3.86. The number of rotatable bonds is 5. The number of nitrogens with zero attached hydrogens (tertiary/aromatic N) is 3. The first-order valence-corrected chi connectivity index (χ1v) is 7.16. The van der Waals surface area contributed by atoms with E-state index in [9.17, 15) is 14.9 Å². The molecule has 0 aliphatic rings. The van der Waals surface area contributed by atoms with Crippen molar-refractivity contribution >= 4 is 33.8 Å². The minimum Gasteiger partial charge on any atom is -0.368 e. The zero-order chi connectivity index (χ0) is 15.7. The number of imidazole rings is 1. The maximum absolute atomic E-state index is 11.7. The number of nitrogens with two attached hydrogens (primary N) is 1. The molecule has 1 unspecified atom stereocenters. The van der Waals surface area contributed by atoms with E-state index >= 15 is 0 Å². The molecule has 0 radical (unpaired) electrons. The summed E-state index contributed by atoms with van der Waals surface area (Å²) in [5.74, 6) is -0.847. The highest BCUT2D eigenvalue weighted by molar-refractivity contribution is 7.15. The van der Waals surface area contributed by atoms with E-state index in [0.29, 0.717) is 10.5 Å². The van der Waals surface area contributed by atoms with E-state index in [1.807, 2.05) is 0 Å². The lowest BCUT2D eigenvalue weighted by atomic mass is 10.1. The molecular weight excluding hydrogens is 306 g/mol. The number of carbonyl (C=O) groups excluding carboxylic acids is 1. The van der Waals surface area contributed by atoms with Crippen molar-refractivity contribution in [1.82, 2.24) is 9.38 Å². The Morgan fingerprint density at radius 1 is 1.41 bits per heavy atom. The summed E-state index contributed by atoms with van der Waals surface area (Å²) in [6.07, 6.45) is 1.55. The molecule has 2 heterocycles. The number of amides is 1. The number of hydrogen-bond acceptors (Lipinski definition) is 6. The van der Waals surface area contributed by atoms with Crippen molar-refractivity contribution in [2.24, 2.45) is 5.73 Å². The van der Waals surface area contributed by atoms with Gasteiger partial charge in [-0.15, -0.1) is 0 Å². The van der Waals surface area contributed by atoms with Crippen LogP contribution in [0.1, 0.15) is 11.6 Å². The molecule has 3 aromatic rings. The third-order valence-electron chi connectivity index (χ3n) is 3.11. The van der Waals surface area contributed by atoms with E-state index in [4.69, 9.17) is 5.73 Å². The van der Waals surface area contributed by atoms with E-state index in [1.54, 1.807) is 41.9 Å². The predicted molar refractivity (Wildman–Crippen MR) is 81.7 cm³/mol. The topological polar surface area (TPSA) is 116 Å². The van der Waals surface area contributed by atoms with Gasteiger partial charge in [0.15, 0.2) is 0 Å². The Labute approximate surface area is 128 Å². The Balaban J connectivity index is 2.03. The van der Waals surface area contributed by atoms with Gasteiger partial charge in [0, 0.05) is 5.38 Å². The van der Waals surface area contributed by atoms with Crippen molar-refractivity contribution in [3.05, 3.63) is 57.6 Å². The molecule has 1 atom stereocenters. The smallest absolute Gasteiger partial charge is 0.368 e. The largest absolute Gasteiger partial charge is 0.372 e. The van der Waals surface area contributed by atoms with Gasteiger partial charge in [-0.2, -0.15) is 9.38 Å². The van der Waals surface area contributed by atoms with E-state index < -0.39 is 16.9 Å². The summed E-state index contributed by atoms with van der Waals surface area (Å²) < 4.78 is 1.36. The zero-order valence-corrected chi connectivity index (χ0v) is 12.0. The van der Waals surface area contributed by atoms with Crippen molar-refractivity contribution in [3.63, 3.8) is 0 Å². The Hall–Kier alpha value is -2.94. The molecule has 0 saturated carbocycles. The first-order valence-electron chi connectivity index (χ1n) is 6.28. The molecule has 0 aliphatic heterocycles. The highest BCUT2D eigenvalue weighted by Gasteiger charge is 2.27. The fourth-order valence-corrected chi connectivity index (χ4v) is 2.86. The molecule has 3 rings (SSSR count). The predicted octanol–water partition coefficient (Wildman–Crippen LogP) is 1.94. The number of anilines is 1. The SMILES string of the molecule is NC(=O)C(Nc1nc2sccn2c1[N+](=O)[O-])c1ccccc1. The van der Waals surface area contributed by atoms with Gasteiger partial charge >= 0.3 is 5.82 Å². The number of carbonyl (C=O) groups is 1. The number of aromatic nitrogens is 2. The average Bonchev–Trinajstić information content (AvgIpc) is 3.04. The van der Waals surface area contributed by atoms with Crippen LogP contribution in [0.5, 0.6) is 0 Å². The molecular formula is C13H11N5O3S. The van der Waals surface area contributed by atoms with Gasteiger partial charge in [0.25, 0.3) is 4.96 Å². The normalized spacial score (nSPS) is 12.2. The van der Waals surface area contributed by atoms with Crippen LogP contribution in [0.15, 0.2) is 41.9 Å². The van der Waals surface area contributed by atoms with Crippen LogP contribution in [0.3, 0.4) is 0 Å². The van der Waals surface area contributed by atoms with Crippen LogP contribution in [0.25, 0.3) is 4.96 Å². The lowest BCUT2D eigenvalue weighted by Crippen LogP contribution is -2.28. The molecule has 1 amide bonds. The Morgan fingerprint density at radius 3 is 2.77 bits per heavy atom. The van der Waals surface area contributed by atoms with Crippen molar-refractivity contribution in [3.8, 4) is 0 Å². The third kappa shape index (κ3) is 2.37. The molecule has 0 spiro atoms. The lowest BCUT2D eigenvalue weighted by molar-refractivity contribution is -0.389. The second-order valence-electron chi connectivity index (χ2n) is 4.49. The van der Waals surface area contributed by atoms with Crippen LogP contribution in [0, 0.1) is 10.1 Å². The van der Waals surface area contributed by atoms with Gasteiger partial charge in [-0.3, -0.25) is 4.79 Å². The van der Waals surface area contributed by atoms with Crippen LogP contribution < -0.4 is 11.1 Å². The number of thiazole rings is 1. The summed E-state index contributed by atoms with van der Waals surface area (Å²) in [6.45, 7) is 0. The summed E-state index contributed by atoms with van der Waals surface area (Å²) in [7, 11) is 0. The number of benzene rings is 1. The van der Waals surface area contributed by atoms with Gasteiger partial charge < -0.3 is 21.2 Å². The molecule has 0 fully saturated rings. The molecule has 8 nitrogen and oxygen atoms in total. The lowest BCUT2D eigenvalue weighted by Gasteiger charge is -2.14. The van der Waals surface area contributed by atoms with Crippen LogP contribution in [-0.4, -0.2) is 20.2 Å². The fourth-order valence-electron chi connectivity index (χ4n) is 2.15. The van der Waals surface area contributed by atoms with E-state index in [-0.39, 0.29) is 11.6 Å². The number of primary amides is 1. The second kappa shape index (κ2) is 5.45. The minimum absolute atomic E-state index is 0.0181. The molecule has 3 N–H and O–H groups in total. The summed E-state index contributed by atoms with van der Waals surface area (Å²) >= 11 is 1.26. The molecule has 0 aliphatic carbocycles. The summed E-state index contributed by atoms with van der Waals surface area (Å²) in [5, 5.41) is 15.8. The average molecular weight is 317 g/mol. The molecule has 0 saturated heterocycles. The van der Waals surface area contributed by atoms with Crippen molar-refractivity contribution < 1.29 is 9.72 Å². The highest BCUT2D eigenvalue weighted by atomic mass is 32.1. The maximum Gasteiger partial charge on any atom is 0.372 e. The Bertz CT molecular complexity index is 842. The highest BCUT2D eigenvalue weighted by Crippen LogP contribution is 2.30. The van der Waals surface area contributed by atoms with Gasteiger partial charge in [0.2, 0.25) is 11.7 Å². The first kappa shape index (κ1) is 14.0. The van der Waals surface area contributed by atoms with Crippen LogP contribution in [-0.2, 0) is 4.79 Å². The van der Waals surface area contributed by atoms with Gasteiger partial charge in [-0.05, 0) is 10.5 Å². The summed E-state index contributed by atoms with van der Waals surface area (Å²) in [4.78, 5) is 27.1. The van der Waals surface area contributed by atoms with E-state index in [1.165, 1.54) is 15.7 Å². The van der Waals surface area contributed by atoms with E-state index in [0.717, 1.165) is 0 Å². The quantitative estimate of drug-likeness (QED) is 0.551. The molecule has 112 valence electrons. The molecule has 9 heteroatoms. The van der Waals surface area contributed by atoms with Crippen molar-refractivity contribution in [2.75, 3.05) is 5.32 Å². The first-order chi connectivity index (χ1) is 10.6. The van der Waals surface area contributed by atoms with Gasteiger partial charge in [0.05, 0.1) is 0 Å². The van der Waals surface area contributed by atoms with Crippen molar-refractivity contribution in [2.45, 2.75) is 6.04 Å². The number of fused-ring (bicyclic) bond motifs is 1. The van der Waals surface area contributed by atoms with E-state index in [2.05, 4.69) is 10.3 Å². The number of nitrogens with one attached hydrogen (secondary N) is 1. The number of hydrogen-bond donors (Lipinski definition) is 2. The Kier molecular flexibility index (Phi) is 3.47. The van der Waals surface area contributed by atoms with Gasteiger partial charge in [-0.25, -0.2) is 0 Å². The minimum atomic E-state index is -0.899. The zero-order valence-electron chi connectivity index (χ0n) is 11.2. The maximum atomic E-state index is 11.7. The van der Waals surface area contributed by atoms with Gasteiger partial charge in [-0.1, -0.05) is 41.7 Å². The molecule has 1 aromatic carbocycles. The van der Waals surface area contributed by atoms with Crippen LogP contribution >= 0.6 is 11.3 Å². The van der Waals surface area contributed by atoms with Gasteiger partial charge in [0.1, 0.15) is 12.2 Å². The summed E-state index contributed by atoms with van der Waals surface area (Å²) in [6, 6.07) is 7.85. The molecule has 22 heavy (non-hydrogen) atoms. The standard InChI is InChI=1S/C13H11N5O3S/c14-10(19)9(8-4-2-1-3-5-8)15-11-12(18(20)21)17-6-7-22-13(17)16-11/h1-7,9,15H,(H2,14,19). The fraction of sp³-hybridized carbons (Fsp3) is 0.0769. The summed E-state index contributed by atoms with van der Waals surface area (Å²) in [5.41, 5.74) is 6.02. The molecule has 2 aromatic heterocycles. The van der Waals surface area contributed by atoms with Crippen LogP contribution in [0.4, 0.5) is 11.6 Å². The monoisotopic (exact) mass is 317 g/mol. The molecule has 0 bridgehead atoms.